The Bertz CT molecular complexity index is 1140. The highest BCUT2D eigenvalue weighted by Gasteiger charge is 2.30. The Morgan fingerprint density at radius 2 is 1.72 bits per heavy atom. The van der Waals surface area contributed by atoms with Crippen molar-refractivity contribution < 1.29 is 18.8 Å². The summed E-state index contributed by atoms with van der Waals surface area (Å²) in [6, 6.07) is 5.59. The van der Waals surface area contributed by atoms with Gasteiger partial charge in [-0.15, -0.1) is 0 Å². The van der Waals surface area contributed by atoms with Gasteiger partial charge in [0, 0.05) is 17.2 Å². The Labute approximate surface area is 169 Å². The molecular weight excluding hydrogens is 368 g/mol. The first-order chi connectivity index (χ1) is 13.8. The molecule has 0 radical (unpaired) electrons. The number of aryl methyl sites for hydroxylation is 4. The van der Waals surface area contributed by atoms with Crippen LogP contribution in [0, 0.1) is 27.7 Å². The molecule has 1 aromatic carbocycles. The zero-order valence-corrected chi connectivity index (χ0v) is 17.3. The van der Waals surface area contributed by atoms with Crippen molar-refractivity contribution in [2.45, 2.75) is 59.5 Å². The summed E-state index contributed by atoms with van der Waals surface area (Å²) in [4.78, 5) is 30.4. The predicted molar refractivity (Wildman–Crippen MR) is 108 cm³/mol. The van der Waals surface area contributed by atoms with E-state index in [4.69, 9.17) is 9.26 Å². The number of benzene rings is 1. The number of Topliss-reactive ketones (excluding diaryl/α,β-unsaturated/α-hetero) is 1. The maximum absolute atomic E-state index is 13.0. The van der Waals surface area contributed by atoms with E-state index in [-0.39, 0.29) is 5.78 Å². The molecule has 150 valence electrons. The van der Waals surface area contributed by atoms with Gasteiger partial charge < -0.3 is 9.26 Å². The van der Waals surface area contributed by atoms with Crippen LogP contribution in [0.25, 0.3) is 11.1 Å². The summed E-state index contributed by atoms with van der Waals surface area (Å²) >= 11 is 0. The first-order valence-electron chi connectivity index (χ1n) is 9.86. The molecule has 0 spiro atoms. The molecule has 2 aromatic heterocycles. The van der Waals surface area contributed by atoms with Crippen molar-refractivity contribution in [1.82, 2.24) is 10.1 Å². The minimum absolute atomic E-state index is 0.214. The lowest BCUT2D eigenvalue weighted by molar-refractivity contribution is 0.0320. The zero-order valence-electron chi connectivity index (χ0n) is 17.3. The topological polar surface area (TPSA) is 82.3 Å². The van der Waals surface area contributed by atoms with E-state index in [1.807, 2.05) is 32.9 Å². The van der Waals surface area contributed by atoms with E-state index in [0.717, 1.165) is 35.2 Å². The molecule has 4 rings (SSSR count). The average Bonchev–Trinajstić information content (AvgIpc) is 3.47. The maximum Gasteiger partial charge on any atom is 0.339 e. The maximum atomic E-state index is 13.0. The quantitative estimate of drug-likeness (QED) is 0.460. The highest BCUT2D eigenvalue weighted by molar-refractivity contribution is 6.06. The van der Waals surface area contributed by atoms with Gasteiger partial charge in [0.2, 0.25) is 5.78 Å². The second kappa shape index (κ2) is 7.10. The van der Waals surface area contributed by atoms with Gasteiger partial charge in [-0.25, -0.2) is 9.78 Å². The highest BCUT2D eigenvalue weighted by Crippen LogP contribution is 2.40. The van der Waals surface area contributed by atoms with Gasteiger partial charge in [0.15, 0.2) is 6.10 Å². The molecule has 0 N–H and O–H groups in total. The number of rotatable bonds is 5. The van der Waals surface area contributed by atoms with Crippen LogP contribution in [0.15, 0.2) is 22.7 Å². The molecule has 2 heterocycles. The number of carbonyl (C=O) groups is 2. The predicted octanol–water partition coefficient (Wildman–Crippen LogP) is 4.76. The Morgan fingerprint density at radius 1 is 1.03 bits per heavy atom. The van der Waals surface area contributed by atoms with Crippen molar-refractivity contribution >= 4 is 22.9 Å². The van der Waals surface area contributed by atoms with Gasteiger partial charge in [-0.2, -0.15) is 0 Å². The molecule has 29 heavy (non-hydrogen) atoms. The van der Waals surface area contributed by atoms with Gasteiger partial charge in [0.1, 0.15) is 0 Å². The summed E-state index contributed by atoms with van der Waals surface area (Å²) in [5.41, 5.74) is 5.68. The molecule has 6 heteroatoms. The molecule has 1 fully saturated rings. The van der Waals surface area contributed by atoms with Crippen LogP contribution < -0.4 is 0 Å². The van der Waals surface area contributed by atoms with Crippen molar-refractivity contribution in [3.63, 3.8) is 0 Å². The minimum atomic E-state index is -0.906. The van der Waals surface area contributed by atoms with Crippen LogP contribution in [0.5, 0.6) is 0 Å². The Kier molecular flexibility index (Phi) is 4.73. The number of pyridine rings is 1. The fraction of sp³-hybridized carbons (Fsp3) is 0.391. The summed E-state index contributed by atoms with van der Waals surface area (Å²) in [5.74, 6) is -0.435. The molecule has 6 nitrogen and oxygen atoms in total. The lowest BCUT2D eigenvalue weighted by Crippen LogP contribution is -2.25. The third-order valence-corrected chi connectivity index (χ3v) is 5.61. The number of hydrogen-bond acceptors (Lipinski definition) is 6. The molecule has 1 aliphatic rings. The normalized spacial score (nSPS) is 14.8. The molecule has 0 bridgehead atoms. The monoisotopic (exact) mass is 392 g/mol. The molecule has 1 aliphatic carbocycles. The minimum Gasteiger partial charge on any atom is -0.451 e. The fourth-order valence-corrected chi connectivity index (χ4v) is 3.59. The Morgan fingerprint density at radius 3 is 2.41 bits per heavy atom. The van der Waals surface area contributed by atoms with Gasteiger partial charge in [0.25, 0.3) is 5.71 Å². The lowest BCUT2D eigenvalue weighted by atomic mass is 9.96. The van der Waals surface area contributed by atoms with Crippen molar-refractivity contribution in [3.8, 4) is 0 Å². The lowest BCUT2D eigenvalue weighted by Gasteiger charge is -2.15. The number of fused-ring (bicyclic) bond motifs is 1. The summed E-state index contributed by atoms with van der Waals surface area (Å²) < 4.78 is 10.9. The van der Waals surface area contributed by atoms with Crippen LogP contribution in [0.2, 0.25) is 0 Å². The molecule has 0 saturated heterocycles. The van der Waals surface area contributed by atoms with Gasteiger partial charge >= 0.3 is 5.97 Å². The van der Waals surface area contributed by atoms with Crippen LogP contribution in [0.3, 0.4) is 0 Å². The largest absolute Gasteiger partial charge is 0.451 e. The molecule has 0 aliphatic heterocycles. The molecule has 1 unspecified atom stereocenters. The summed E-state index contributed by atoms with van der Waals surface area (Å²) in [6.07, 6.45) is 1.18. The van der Waals surface area contributed by atoms with Crippen molar-refractivity contribution in [2.24, 2.45) is 0 Å². The van der Waals surface area contributed by atoms with Crippen LogP contribution in [0.4, 0.5) is 0 Å². The van der Waals surface area contributed by atoms with E-state index in [1.165, 1.54) is 0 Å². The van der Waals surface area contributed by atoms with Gasteiger partial charge in [-0.1, -0.05) is 11.2 Å². The summed E-state index contributed by atoms with van der Waals surface area (Å²) in [7, 11) is 0. The Balaban J connectivity index is 1.63. The number of ether oxygens (including phenoxy) is 1. The van der Waals surface area contributed by atoms with E-state index >= 15 is 0 Å². The van der Waals surface area contributed by atoms with E-state index < -0.39 is 12.1 Å². The average molecular weight is 392 g/mol. The van der Waals surface area contributed by atoms with E-state index in [1.54, 1.807) is 19.9 Å². The van der Waals surface area contributed by atoms with Crippen LogP contribution in [-0.2, 0) is 4.74 Å². The number of ketones is 1. The van der Waals surface area contributed by atoms with Crippen LogP contribution in [0.1, 0.15) is 74.5 Å². The zero-order chi connectivity index (χ0) is 20.9. The standard InChI is InChI=1S/C23H24N2O4/c1-11-8-13(3)17(9-12(11)2)21(26)15(5)28-23(27)18-10-19(16-6-7-16)24-22-20(18)14(4)25-29-22/h8-10,15-16H,6-7H2,1-5H3. The van der Waals surface area contributed by atoms with Crippen molar-refractivity contribution in [1.29, 1.82) is 0 Å². The van der Waals surface area contributed by atoms with E-state index in [9.17, 15) is 9.59 Å². The van der Waals surface area contributed by atoms with Gasteiger partial charge in [-0.05, 0) is 76.3 Å². The third-order valence-electron chi connectivity index (χ3n) is 5.61. The molecule has 3 aromatic rings. The molecule has 1 saturated carbocycles. The number of aromatic nitrogens is 2. The summed E-state index contributed by atoms with van der Waals surface area (Å²) in [5, 5.41) is 4.48. The molecule has 0 amide bonds. The van der Waals surface area contributed by atoms with Crippen LogP contribution in [-0.4, -0.2) is 28.0 Å². The van der Waals surface area contributed by atoms with Gasteiger partial charge in [0.05, 0.1) is 16.6 Å². The smallest absolute Gasteiger partial charge is 0.339 e. The second-order valence-electron chi connectivity index (χ2n) is 7.98. The van der Waals surface area contributed by atoms with Crippen molar-refractivity contribution in [3.05, 3.63) is 57.4 Å². The number of hydrogen-bond donors (Lipinski definition) is 0. The molecular formula is C23H24N2O4. The fourth-order valence-electron chi connectivity index (χ4n) is 3.59. The Hall–Kier alpha value is -3.02. The first-order valence-corrected chi connectivity index (χ1v) is 9.86. The van der Waals surface area contributed by atoms with Gasteiger partial charge in [-0.3, -0.25) is 4.79 Å². The number of esters is 1. The highest BCUT2D eigenvalue weighted by atomic mass is 16.5. The van der Waals surface area contributed by atoms with E-state index in [0.29, 0.717) is 33.8 Å². The summed E-state index contributed by atoms with van der Waals surface area (Å²) in [6.45, 7) is 9.23. The molecule has 1 atom stereocenters. The van der Waals surface area contributed by atoms with E-state index in [2.05, 4.69) is 10.1 Å². The number of carbonyl (C=O) groups excluding carboxylic acids is 2. The first kappa shape index (κ1) is 19.3. The SMILES string of the molecule is Cc1cc(C)c(C(=O)C(C)OC(=O)c2cc(C3CC3)nc3onc(C)c23)cc1C. The van der Waals surface area contributed by atoms with Crippen molar-refractivity contribution in [2.75, 3.05) is 0 Å². The second-order valence-corrected chi connectivity index (χ2v) is 7.98. The van der Waals surface area contributed by atoms with Crippen LogP contribution >= 0.6 is 0 Å². The number of nitrogens with zero attached hydrogens (tertiary/aromatic N) is 2. The third kappa shape index (κ3) is 3.55.